The summed E-state index contributed by atoms with van der Waals surface area (Å²) in [6.45, 7) is 10.00. The number of piperidine rings is 1. The van der Waals surface area contributed by atoms with Gasteiger partial charge in [0.1, 0.15) is 5.60 Å². The highest BCUT2D eigenvalue weighted by Gasteiger charge is 2.40. The van der Waals surface area contributed by atoms with Crippen LogP contribution in [0.5, 0.6) is 0 Å². The molecular weight excluding hydrogens is 392 g/mol. The summed E-state index contributed by atoms with van der Waals surface area (Å²) in [7, 11) is 0. The van der Waals surface area contributed by atoms with E-state index in [2.05, 4.69) is 23.1 Å². The molecular formula is C25H38N2O4. The lowest BCUT2D eigenvalue weighted by molar-refractivity contribution is -0.137. The van der Waals surface area contributed by atoms with Gasteiger partial charge in [0.05, 0.1) is 6.42 Å². The molecule has 2 aliphatic rings. The van der Waals surface area contributed by atoms with Crippen molar-refractivity contribution < 1.29 is 19.4 Å². The molecule has 1 aliphatic heterocycles. The summed E-state index contributed by atoms with van der Waals surface area (Å²) >= 11 is 0. The SMILES string of the molecule is C/C=C\c1ccccc1.CC(C)(C)OC(=O)N(C1CC1)C1CCN(CCC(=O)O)CC1. The number of allylic oxidation sites excluding steroid dienone is 1. The lowest BCUT2D eigenvalue weighted by atomic mass is 10.0. The van der Waals surface area contributed by atoms with Crippen molar-refractivity contribution in [3.8, 4) is 0 Å². The highest BCUT2D eigenvalue weighted by atomic mass is 16.6. The van der Waals surface area contributed by atoms with Crippen LogP contribution in [0.2, 0.25) is 0 Å². The van der Waals surface area contributed by atoms with E-state index in [-0.39, 0.29) is 18.6 Å². The number of hydrogen-bond donors (Lipinski definition) is 1. The summed E-state index contributed by atoms with van der Waals surface area (Å²) < 4.78 is 5.56. The second-order valence-electron chi connectivity index (χ2n) is 9.25. The largest absolute Gasteiger partial charge is 0.481 e. The Hall–Kier alpha value is -2.34. The minimum atomic E-state index is -0.754. The molecule has 6 nitrogen and oxygen atoms in total. The summed E-state index contributed by atoms with van der Waals surface area (Å²) in [5, 5.41) is 8.75. The van der Waals surface area contributed by atoms with E-state index in [1.165, 1.54) is 5.56 Å². The highest BCUT2D eigenvalue weighted by Crippen LogP contribution is 2.33. The van der Waals surface area contributed by atoms with Crippen molar-refractivity contribution >= 4 is 18.1 Å². The number of amides is 1. The molecule has 1 amide bonds. The third-order valence-corrected chi connectivity index (χ3v) is 5.30. The number of carbonyl (C=O) groups excluding carboxylic acids is 1. The van der Waals surface area contributed by atoms with Crippen LogP contribution in [-0.4, -0.2) is 64.3 Å². The van der Waals surface area contributed by atoms with Gasteiger partial charge in [0.2, 0.25) is 0 Å². The zero-order valence-corrected chi connectivity index (χ0v) is 19.4. The van der Waals surface area contributed by atoms with Gasteiger partial charge in [0, 0.05) is 31.7 Å². The van der Waals surface area contributed by atoms with Crippen LogP contribution in [0.15, 0.2) is 36.4 Å². The minimum absolute atomic E-state index is 0.184. The lowest BCUT2D eigenvalue weighted by Crippen LogP contribution is -2.50. The molecule has 0 spiro atoms. The number of benzene rings is 1. The van der Waals surface area contributed by atoms with Crippen LogP contribution in [0.1, 0.15) is 65.4 Å². The number of rotatable bonds is 6. The van der Waals surface area contributed by atoms with Gasteiger partial charge in [-0.15, -0.1) is 0 Å². The van der Waals surface area contributed by atoms with Gasteiger partial charge >= 0.3 is 12.1 Å². The number of ether oxygens (including phenoxy) is 1. The van der Waals surface area contributed by atoms with E-state index in [4.69, 9.17) is 9.84 Å². The van der Waals surface area contributed by atoms with Crippen molar-refractivity contribution in [2.45, 2.75) is 77.5 Å². The highest BCUT2D eigenvalue weighted by molar-refractivity contribution is 5.69. The molecule has 1 saturated carbocycles. The number of nitrogens with zero attached hydrogens (tertiary/aromatic N) is 2. The Morgan fingerprint density at radius 3 is 2.16 bits per heavy atom. The van der Waals surface area contributed by atoms with Crippen LogP contribution in [0.4, 0.5) is 4.79 Å². The molecule has 1 aromatic carbocycles. The van der Waals surface area contributed by atoms with Crippen LogP contribution in [0, 0.1) is 0 Å². The number of hydrogen-bond acceptors (Lipinski definition) is 4. The molecule has 3 rings (SSSR count). The molecule has 0 atom stereocenters. The number of carbonyl (C=O) groups is 2. The molecule has 172 valence electrons. The van der Waals surface area contributed by atoms with Crippen LogP contribution in [0.25, 0.3) is 6.08 Å². The Kier molecular flexibility index (Phi) is 9.56. The normalized spacial score (nSPS) is 17.7. The molecule has 1 saturated heterocycles. The molecule has 31 heavy (non-hydrogen) atoms. The van der Waals surface area contributed by atoms with Crippen LogP contribution in [-0.2, 0) is 9.53 Å². The van der Waals surface area contributed by atoms with Gasteiger partial charge in [-0.2, -0.15) is 0 Å². The third-order valence-electron chi connectivity index (χ3n) is 5.30. The zero-order valence-electron chi connectivity index (χ0n) is 19.4. The molecule has 0 bridgehead atoms. The molecule has 1 N–H and O–H groups in total. The Morgan fingerprint density at radius 1 is 1.10 bits per heavy atom. The average Bonchev–Trinajstić information content (AvgIpc) is 3.53. The van der Waals surface area contributed by atoms with Crippen molar-refractivity contribution in [3.63, 3.8) is 0 Å². The van der Waals surface area contributed by atoms with Crippen molar-refractivity contribution in [1.29, 1.82) is 0 Å². The quantitative estimate of drug-likeness (QED) is 0.684. The second kappa shape index (κ2) is 11.9. The van der Waals surface area contributed by atoms with Gasteiger partial charge in [-0.3, -0.25) is 4.79 Å². The number of carboxylic acids is 1. The third kappa shape index (κ3) is 9.55. The first kappa shape index (κ1) is 24.9. The molecule has 1 aliphatic carbocycles. The van der Waals surface area contributed by atoms with E-state index < -0.39 is 11.6 Å². The summed E-state index contributed by atoms with van der Waals surface area (Å²) in [5.41, 5.74) is 0.798. The van der Waals surface area contributed by atoms with Crippen LogP contribution in [0.3, 0.4) is 0 Å². The summed E-state index contributed by atoms with van der Waals surface area (Å²) in [5.74, 6) is -0.754. The molecule has 6 heteroatoms. The van der Waals surface area contributed by atoms with Gasteiger partial charge < -0.3 is 19.6 Å². The summed E-state index contributed by atoms with van der Waals surface area (Å²) in [4.78, 5) is 27.2. The first-order valence-corrected chi connectivity index (χ1v) is 11.3. The summed E-state index contributed by atoms with van der Waals surface area (Å²) in [6.07, 6.45) is 8.04. The summed E-state index contributed by atoms with van der Waals surface area (Å²) in [6, 6.07) is 10.8. The number of likely N-dealkylation sites (tertiary alicyclic amines) is 1. The standard InChI is InChI=1S/C16H28N2O4.C9H10/c1-16(2,3)22-15(21)18(12-4-5-12)13-6-9-17(10-7-13)11-8-14(19)20;1-2-6-9-7-4-3-5-8-9/h12-13H,4-11H2,1-3H3,(H,19,20);2-8H,1H3/b;6-2-. The Bertz CT molecular complexity index is 715. The van der Waals surface area contributed by atoms with Crippen molar-refractivity contribution in [3.05, 3.63) is 42.0 Å². The zero-order chi connectivity index (χ0) is 22.9. The maximum Gasteiger partial charge on any atom is 0.410 e. The second-order valence-corrected chi connectivity index (χ2v) is 9.25. The van der Waals surface area contributed by atoms with Gasteiger partial charge in [-0.25, -0.2) is 4.79 Å². The number of carboxylic acid groups (broad SMARTS) is 1. The maximum atomic E-state index is 12.4. The monoisotopic (exact) mass is 430 g/mol. The van der Waals surface area contributed by atoms with E-state index in [0.717, 1.165) is 38.8 Å². The van der Waals surface area contributed by atoms with E-state index in [0.29, 0.717) is 12.6 Å². The Morgan fingerprint density at radius 2 is 1.68 bits per heavy atom. The van der Waals surface area contributed by atoms with Gasteiger partial charge in [-0.05, 0) is 58.9 Å². The topological polar surface area (TPSA) is 70.1 Å². The first-order valence-electron chi connectivity index (χ1n) is 11.3. The maximum absolute atomic E-state index is 12.4. The molecule has 2 fully saturated rings. The van der Waals surface area contributed by atoms with E-state index in [1.54, 1.807) is 0 Å². The van der Waals surface area contributed by atoms with Gasteiger partial charge in [-0.1, -0.05) is 42.5 Å². The van der Waals surface area contributed by atoms with E-state index in [1.807, 2.05) is 56.9 Å². The van der Waals surface area contributed by atoms with E-state index >= 15 is 0 Å². The Labute approximate surface area is 186 Å². The van der Waals surface area contributed by atoms with Crippen LogP contribution >= 0.6 is 0 Å². The van der Waals surface area contributed by atoms with Crippen molar-refractivity contribution in [1.82, 2.24) is 9.80 Å². The molecule has 0 aromatic heterocycles. The van der Waals surface area contributed by atoms with Crippen molar-refractivity contribution in [2.24, 2.45) is 0 Å². The Balaban J connectivity index is 0.000000316. The molecule has 1 heterocycles. The predicted octanol–water partition coefficient (Wildman–Crippen LogP) is 5.04. The molecule has 0 unspecified atom stereocenters. The predicted molar refractivity (Wildman–Crippen MR) is 124 cm³/mol. The lowest BCUT2D eigenvalue weighted by Gasteiger charge is -2.39. The fourth-order valence-electron chi connectivity index (χ4n) is 3.70. The minimum Gasteiger partial charge on any atom is -0.481 e. The fourth-order valence-corrected chi connectivity index (χ4v) is 3.70. The van der Waals surface area contributed by atoms with E-state index in [9.17, 15) is 9.59 Å². The van der Waals surface area contributed by atoms with Crippen LogP contribution < -0.4 is 0 Å². The van der Waals surface area contributed by atoms with Gasteiger partial charge in [0.15, 0.2) is 0 Å². The average molecular weight is 431 g/mol. The fraction of sp³-hybridized carbons (Fsp3) is 0.600. The molecule has 1 aromatic rings. The smallest absolute Gasteiger partial charge is 0.410 e. The molecule has 0 radical (unpaired) electrons. The first-order chi connectivity index (χ1) is 14.7. The number of aliphatic carboxylic acids is 1. The van der Waals surface area contributed by atoms with Gasteiger partial charge in [0.25, 0.3) is 0 Å². The van der Waals surface area contributed by atoms with Crippen molar-refractivity contribution in [2.75, 3.05) is 19.6 Å².